The summed E-state index contributed by atoms with van der Waals surface area (Å²) in [5.41, 5.74) is -1.69. The van der Waals surface area contributed by atoms with Crippen molar-refractivity contribution in [2.75, 3.05) is 6.54 Å². The molecule has 58 heavy (non-hydrogen) atoms. The first-order valence-corrected chi connectivity index (χ1v) is 22.0. The van der Waals surface area contributed by atoms with E-state index in [1.165, 1.54) is 0 Å². The Morgan fingerprint density at radius 1 is 0.914 bits per heavy atom. The third kappa shape index (κ3) is 9.39. The Bertz CT molecular complexity index is 1470. The lowest BCUT2D eigenvalue weighted by Gasteiger charge is -2.54. The van der Waals surface area contributed by atoms with Crippen LogP contribution in [0.1, 0.15) is 133 Å². The Hall–Kier alpha value is -1.65. The van der Waals surface area contributed by atoms with Crippen LogP contribution in [0, 0.1) is 41.4 Å². The molecule has 5 rings (SSSR count). The topological polar surface area (TPSA) is 153 Å². The number of hydrogen-bond donors (Lipinski definition) is 4. The van der Waals surface area contributed by atoms with Gasteiger partial charge in [-0.25, -0.2) is 0 Å². The third-order valence-electron chi connectivity index (χ3n) is 14.9. The van der Waals surface area contributed by atoms with Gasteiger partial charge in [0, 0.05) is 30.1 Å². The van der Waals surface area contributed by atoms with Crippen molar-refractivity contribution in [3.63, 3.8) is 0 Å². The summed E-state index contributed by atoms with van der Waals surface area (Å²) in [6.45, 7) is 17.7. The maximum absolute atomic E-state index is 14.5. The minimum absolute atomic E-state index is 0.0193. The second kappa shape index (κ2) is 18.0. The first-order valence-electron chi connectivity index (χ1n) is 22.0. The van der Waals surface area contributed by atoms with Gasteiger partial charge in [0.15, 0.2) is 5.79 Å². The van der Waals surface area contributed by atoms with Crippen LogP contribution in [0.5, 0.6) is 0 Å². The second-order valence-electron chi connectivity index (χ2n) is 18.9. The zero-order valence-electron chi connectivity index (χ0n) is 36.3. The van der Waals surface area contributed by atoms with E-state index in [4.69, 9.17) is 23.7 Å². The SMILES string of the molecule is CC[C@@H](C(=O)[C@@H](C)[C@@H](O)[C@H](C)[C@@H]1O[C@@H]([C@@H](CC)C(=O)NCC(F)(F)F)CC[C@@H]1C)[C@H]1O[C@]2(C=C[C@@H](O)[C@]3(CC[C@@](C)([C@H]4CC[C@](O)(CC)[C@H](C)O4)O3)O2)[C@H](C)C[C@@H]1C. The minimum atomic E-state index is -4.53. The lowest BCUT2D eigenvalue weighted by atomic mass is 9.72. The number of alkyl halides is 3. The highest BCUT2D eigenvalue weighted by molar-refractivity contribution is 5.84. The summed E-state index contributed by atoms with van der Waals surface area (Å²) in [5.74, 6) is -6.50. The molecule has 0 aromatic heterocycles. The maximum Gasteiger partial charge on any atom is 0.405 e. The van der Waals surface area contributed by atoms with E-state index in [1.54, 1.807) is 26.0 Å². The molecule has 4 fully saturated rings. The molecule has 4 saturated heterocycles. The fourth-order valence-electron chi connectivity index (χ4n) is 10.8. The molecule has 1 amide bonds. The zero-order valence-corrected chi connectivity index (χ0v) is 36.3. The molecular weight excluding hydrogens is 759 g/mol. The van der Waals surface area contributed by atoms with Gasteiger partial charge in [0.05, 0.1) is 53.7 Å². The molecule has 0 unspecified atom stereocenters. The van der Waals surface area contributed by atoms with Gasteiger partial charge in [-0.1, -0.05) is 55.4 Å². The number of amides is 1. The summed E-state index contributed by atoms with van der Waals surface area (Å²) >= 11 is 0. The molecule has 5 aliphatic rings. The Morgan fingerprint density at radius 3 is 2.19 bits per heavy atom. The second-order valence-corrected chi connectivity index (χ2v) is 18.9. The van der Waals surface area contributed by atoms with E-state index in [-0.39, 0.29) is 35.7 Å². The van der Waals surface area contributed by atoms with Crippen molar-refractivity contribution in [3.05, 3.63) is 12.2 Å². The number of ketones is 1. The number of aliphatic hydroxyl groups is 3. The van der Waals surface area contributed by atoms with Crippen LogP contribution < -0.4 is 5.32 Å². The highest BCUT2D eigenvalue weighted by atomic mass is 19.4. The lowest BCUT2D eigenvalue weighted by molar-refractivity contribution is -0.409. The van der Waals surface area contributed by atoms with Crippen LogP contribution in [0.25, 0.3) is 0 Å². The first-order chi connectivity index (χ1) is 27.0. The molecule has 11 nitrogen and oxygen atoms in total. The molecule has 0 saturated carbocycles. The Kier molecular flexibility index (Phi) is 14.7. The van der Waals surface area contributed by atoms with E-state index in [2.05, 4.69) is 6.92 Å². The summed E-state index contributed by atoms with van der Waals surface area (Å²) in [7, 11) is 0. The molecule has 0 aliphatic carbocycles. The van der Waals surface area contributed by atoms with Gasteiger partial charge < -0.3 is 44.3 Å². The van der Waals surface area contributed by atoms with Crippen molar-refractivity contribution in [2.45, 2.75) is 205 Å². The third-order valence-corrected chi connectivity index (χ3v) is 14.9. The maximum atomic E-state index is 14.5. The van der Waals surface area contributed by atoms with Gasteiger partial charge in [-0.2, -0.15) is 13.2 Å². The summed E-state index contributed by atoms with van der Waals surface area (Å²) in [4.78, 5) is 27.3. The van der Waals surface area contributed by atoms with Crippen LogP contribution >= 0.6 is 0 Å². The van der Waals surface area contributed by atoms with Crippen molar-refractivity contribution in [3.8, 4) is 0 Å². The fourth-order valence-corrected chi connectivity index (χ4v) is 10.8. The number of carbonyl (C=O) groups is 2. The first kappa shape index (κ1) is 47.4. The number of Topliss-reactive ketones (excluding diaryl/α,β-unsaturated/α-hetero) is 1. The van der Waals surface area contributed by atoms with Gasteiger partial charge in [-0.05, 0) is 95.6 Å². The molecule has 0 aromatic rings. The molecule has 5 aliphatic heterocycles. The number of aliphatic hydroxyl groups excluding tert-OH is 2. The van der Waals surface area contributed by atoms with E-state index in [9.17, 15) is 38.1 Å². The molecule has 18 atom stereocenters. The normalized spacial score (nSPS) is 43.5. The molecule has 5 heterocycles. The number of nitrogens with one attached hydrogen (secondary N) is 1. The summed E-state index contributed by atoms with van der Waals surface area (Å²) in [6.07, 6.45) is -0.434. The molecule has 2 spiro atoms. The minimum Gasteiger partial charge on any atom is -0.392 e. The predicted molar refractivity (Wildman–Crippen MR) is 210 cm³/mol. The van der Waals surface area contributed by atoms with E-state index < -0.39 is 95.6 Å². The van der Waals surface area contributed by atoms with Crippen LogP contribution in [0.3, 0.4) is 0 Å². The molecular formula is C44H72F3NO10. The summed E-state index contributed by atoms with van der Waals surface area (Å²) in [6, 6.07) is 0. The lowest BCUT2D eigenvalue weighted by Crippen LogP contribution is -2.63. The van der Waals surface area contributed by atoms with Gasteiger partial charge in [0.1, 0.15) is 18.4 Å². The monoisotopic (exact) mass is 832 g/mol. The number of hydrogen-bond acceptors (Lipinski definition) is 10. The van der Waals surface area contributed by atoms with E-state index in [0.717, 1.165) is 0 Å². The van der Waals surface area contributed by atoms with Crippen molar-refractivity contribution < 1.29 is 61.8 Å². The Morgan fingerprint density at radius 2 is 1.59 bits per heavy atom. The average molecular weight is 832 g/mol. The Balaban J connectivity index is 1.29. The quantitative estimate of drug-likeness (QED) is 0.146. The smallest absolute Gasteiger partial charge is 0.392 e. The number of ether oxygens (including phenoxy) is 5. The summed E-state index contributed by atoms with van der Waals surface area (Å²) < 4.78 is 72.1. The largest absolute Gasteiger partial charge is 0.405 e. The molecule has 4 N–H and O–H groups in total. The van der Waals surface area contributed by atoms with Gasteiger partial charge in [0.25, 0.3) is 0 Å². The van der Waals surface area contributed by atoms with E-state index in [0.29, 0.717) is 64.2 Å². The van der Waals surface area contributed by atoms with Crippen molar-refractivity contribution >= 4 is 11.7 Å². The summed E-state index contributed by atoms with van der Waals surface area (Å²) in [5, 5.41) is 36.3. The molecule has 14 heteroatoms. The van der Waals surface area contributed by atoms with Crippen LogP contribution in [0.4, 0.5) is 13.2 Å². The van der Waals surface area contributed by atoms with Crippen molar-refractivity contribution in [2.24, 2.45) is 41.4 Å². The van der Waals surface area contributed by atoms with Gasteiger partial charge >= 0.3 is 6.18 Å². The molecule has 0 aromatic carbocycles. The predicted octanol–water partition coefficient (Wildman–Crippen LogP) is 6.78. The molecule has 0 radical (unpaired) electrons. The van der Waals surface area contributed by atoms with Crippen molar-refractivity contribution in [1.82, 2.24) is 5.32 Å². The van der Waals surface area contributed by atoms with Crippen molar-refractivity contribution in [1.29, 1.82) is 0 Å². The number of halogens is 3. The average Bonchev–Trinajstić information content (AvgIpc) is 3.52. The zero-order chi connectivity index (χ0) is 43.2. The standard InChI is InChI=1S/C44H72F3NO10/c1-11-30(39(52)48-23-44(45,46)47)32-15-14-24(4)37(55-32)28(8)35(50)27(7)36(51)31(12-2)38-25(5)22-26(6)42(56-38)19-16-33(49)43(58-42)21-20-40(10,57-43)34-17-18-41(53,13-3)29(9)54-34/h16,19,24-35,37-38,49-50,53H,11-15,17-18,20-23H2,1-10H3,(H,48,52)/t24-,25-,26+,27-,28-,29-,30+,31-,32+,33+,34+,35+,37+,38-,40-,41+,42-,43-/m0/s1. The number of rotatable bonds is 13. The number of carbonyl (C=O) groups excluding carboxylic acids is 2. The highest BCUT2D eigenvalue weighted by Gasteiger charge is 2.63. The van der Waals surface area contributed by atoms with Gasteiger partial charge in [-0.15, -0.1) is 0 Å². The van der Waals surface area contributed by atoms with Crippen LogP contribution in [0.15, 0.2) is 12.2 Å². The molecule has 334 valence electrons. The fraction of sp³-hybridized carbons (Fsp3) is 0.909. The van der Waals surface area contributed by atoms with E-state index in [1.807, 2.05) is 53.8 Å². The van der Waals surface area contributed by atoms with E-state index >= 15 is 0 Å². The Labute approximate surface area is 343 Å². The highest BCUT2D eigenvalue weighted by Crippen LogP contribution is 2.54. The molecule has 0 bridgehead atoms. The van der Waals surface area contributed by atoms with Gasteiger partial charge in [0.2, 0.25) is 11.7 Å². The van der Waals surface area contributed by atoms with Crippen LogP contribution in [-0.2, 0) is 33.3 Å². The van der Waals surface area contributed by atoms with Crippen LogP contribution in [0.2, 0.25) is 0 Å². The van der Waals surface area contributed by atoms with Crippen LogP contribution in [-0.4, -0.2) is 105 Å². The van der Waals surface area contributed by atoms with Gasteiger partial charge in [-0.3, -0.25) is 9.59 Å².